The molecule has 0 aromatic rings. The molecule has 0 bridgehead atoms. The van der Waals surface area contributed by atoms with Gasteiger partial charge in [0, 0.05) is 6.42 Å². The predicted molar refractivity (Wildman–Crippen MR) is 250 cm³/mol. The van der Waals surface area contributed by atoms with E-state index in [0.29, 0.717) is 19.3 Å². The Labute approximate surface area is 359 Å². The van der Waals surface area contributed by atoms with Crippen molar-refractivity contribution in [3.05, 3.63) is 48.6 Å². The van der Waals surface area contributed by atoms with Gasteiger partial charge in [-0.15, -0.1) is 0 Å². The molecule has 0 aliphatic heterocycles. The van der Waals surface area contributed by atoms with Crippen molar-refractivity contribution in [2.75, 3.05) is 6.61 Å². The number of carbonyl (C=O) groups excluding carboxylic acids is 2. The molecule has 338 valence electrons. The van der Waals surface area contributed by atoms with Crippen LogP contribution in [-0.2, 0) is 14.3 Å². The van der Waals surface area contributed by atoms with Gasteiger partial charge in [-0.3, -0.25) is 9.59 Å². The minimum atomic E-state index is -0.792. The molecule has 58 heavy (non-hydrogen) atoms. The fourth-order valence-corrected chi connectivity index (χ4v) is 7.50. The van der Waals surface area contributed by atoms with E-state index in [1.807, 2.05) is 24.3 Å². The van der Waals surface area contributed by atoms with Crippen LogP contribution in [0.4, 0.5) is 0 Å². The predicted octanol–water partition coefficient (Wildman–Crippen LogP) is 14.7. The molecule has 0 aromatic carbocycles. The van der Waals surface area contributed by atoms with Gasteiger partial charge in [0.05, 0.1) is 25.2 Å². The summed E-state index contributed by atoms with van der Waals surface area (Å²) in [5.74, 6) is -0.514. The molecule has 1 amide bonds. The summed E-state index contributed by atoms with van der Waals surface area (Å²) in [4.78, 5) is 26.0. The Morgan fingerprint density at radius 2 is 0.931 bits per heavy atom. The van der Waals surface area contributed by atoms with Gasteiger partial charge in [0.15, 0.2) is 0 Å². The zero-order valence-corrected chi connectivity index (χ0v) is 38.4. The fraction of sp³-hybridized carbons (Fsp3) is 0.808. The van der Waals surface area contributed by atoms with Crippen molar-refractivity contribution in [2.24, 2.45) is 0 Å². The number of aliphatic hydroxyl groups is 2. The van der Waals surface area contributed by atoms with E-state index < -0.39 is 18.2 Å². The van der Waals surface area contributed by atoms with Crippen LogP contribution in [0.3, 0.4) is 0 Å². The number of esters is 1. The standard InChI is InChI=1S/C52H95NO5/c1-4-7-10-13-16-19-22-24-25-27-29-32-35-38-41-44-50(55)49(47-54)53-51(56)46-48(43-40-37-34-31-28-21-18-15-12-9-6-3)58-52(57)45-42-39-36-33-30-26-23-20-17-14-11-8-5-2/h8,11,14,17,20,23,26,30,48-50,54-55H,4-7,9-10,12-13,15-16,18-19,21-22,24-25,27-29,31-47H2,1-3H3,(H,53,56)/b11-8+,17-14+,23-20-,30-26-. The molecule has 3 unspecified atom stereocenters. The third-order valence-corrected chi connectivity index (χ3v) is 11.3. The van der Waals surface area contributed by atoms with Crippen molar-refractivity contribution < 1.29 is 24.5 Å². The number of carbonyl (C=O) groups is 2. The Bertz CT molecular complexity index is 1000. The molecule has 0 rings (SSSR count). The Hall–Kier alpha value is -2.18. The number of aliphatic hydroxyl groups excluding tert-OH is 2. The highest BCUT2D eigenvalue weighted by Gasteiger charge is 2.24. The van der Waals surface area contributed by atoms with Crippen molar-refractivity contribution in [3.63, 3.8) is 0 Å². The smallest absolute Gasteiger partial charge is 0.306 e. The molecule has 0 fully saturated rings. The minimum Gasteiger partial charge on any atom is -0.462 e. The van der Waals surface area contributed by atoms with Gasteiger partial charge >= 0.3 is 5.97 Å². The number of nitrogens with one attached hydrogen (secondary N) is 1. The maximum Gasteiger partial charge on any atom is 0.306 e. The summed E-state index contributed by atoms with van der Waals surface area (Å²) >= 11 is 0. The van der Waals surface area contributed by atoms with Crippen LogP contribution in [0.5, 0.6) is 0 Å². The second-order valence-corrected chi connectivity index (χ2v) is 16.9. The largest absolute Gasteiger partial charge is 0.462 e. The first-order valence-corrected chi connectivity index (χ1v) is 24.9. The Morgan fingerprint density at radius 1 is 0.517 bits per heavy atom. The first-order valence-electron chi connectivity index (χ1n) is 24.9. The van der Waals surface area contributed by atoms with Crippen LogP contribution in [0.1, 0.15) is 245 Å². The van der Waals surface area contributed by atoms with E-state index in [4.69, 9.17) is 4.74 Å². The SMILES string of the molecule is CC/C=C/C=C/C=C\C=C/CCCCCC(=O)OC(CCCCCCCCCCCCC)CC(=O)NC(CO)C(O)CCCCCCCCCCCCCCCCC. The van der Waals surface area contributed by atoms with E-state index in [9.17, 15) is 19.8 Å². The number of hydrogen-bond donors (Lipinski definition) is 3. The molecule has 6 heteroatoms. The van der Waals surface area contributed by atoms with Gasteiger partial charge in [0.1, 0.15) is 6.10 Å². The third-order valence-electron chi connectivity index (χ3n) is 11.3. The lowest BCUT2D eigenvalue weighted by atomic mass is 10.0. The molecular formula is C52H95NO5. The first-order chi connectivity index (χ1) is 28.5. The van der Waals surface area contributed by atoms with E-state index in [0.717, 1.165) is 70.6 Å². The topological polar surface area (TPSA) is 95.9 Å². The van der Waals surface area contributed by atoms with Crippen LogP contribution < -0.4 is 5.32 Å². The van der Waals surface area contributed by atoms with Crippen LogP contribution in [-0.4, -0.2) is 46.9 Å². The maximum absolute atomic E-state index is 13.2. The average molecular weight is 814 g/mol. The second kappa shape index (κ2) is 45.9. The average Bonchev–Trinajstić information content (AvgIpc) is 3.22. The highest BCUT2D eigenvalue weighted by Crippen LogP contribution is 2.18. The molecule has 3 atom stereocenters. The number of unbranched alkanes of at least 4 members (excludes halogenated alkanes) is 27. The molecule has 0 radical (unpaired) electrons. The molecular weight excluding hydrogens is 719 g/mol. The molecule has 3 N–H and O–H groups in total. The maximum atomic E-state index is 13.2. The summed E-state index contributed by atoms with van der Waals surface area (Å²) in [5.41, 5.74) is 0. The van der Waals surface area contributed by atoms with Gasteiger partial charge in [-0.25, -0.2) is 0 Å². The molecule has 0 spiro atoms. The third kappa shape index (κ3) is 40.6. The van der Waals surface area contributed by atoms with E-state index in [2.05, 4.69) is 50.4 Å². The van der Waals surface area contributed by atoms with Gasteiger partial charge in [0.2, 0.25) is 5.91 Å². The lowest BCUT2D eigenvalue weighted by molar-refractivity contribution is -0.151. The van der Waals surface area contributed by atoms with Crippen LogP contribution in [0.15, 0.2) is 48.6 Å². The zero-order chi connectivity index (χ0) is 42.4. The lowest BCUT2D eigenvalue weighted by Gasteiger charge is -2.24. The normalized spacial score (nSPS) is 13.7. The van der Waals surface area contributed by atoms with Crippen molar-refractivity contribution in [2.45, 2.75) is 264 Å². The summed E-state index contributed by atoms with van der Waals surface area (Å²) in [5, 5.41) is 23.7. The van der Waals surface area contributed by atoms with Gasteiger partial charge < -0.3 is 20.3 Å². The number of hydrogen-bond acceptors (Lipinski definition) is 5. The highest BCUT2D eigenvalue weighted by molar-refractivity contribution is 5.77. The van der Waals surface area contributed by atoms with E-state index in [-0.39, 0.29) is 24.9 Å². The Morgan fingerprint density at radius 3 is 1.40 bits per heavy atom. The van der Waals surface area contributed by atoms with Crippen LogP contribution in [0.25, 0.3) is 0 Å². The van der Waals surface area contributed by atoms with Crippen molar-refractivity contribution in [1.29, 1.82) is 0 Å². The van der Waals surface area contributed by atoms with Gasteiger partial charge in [0.25, 0.3) is 0 Å². The van der Waals surface area contributed by atoms with E-state index >= 15 is 0 Å². The zero-order valence-electron chi connectivity index (χ0n) is 38.4. The molecule has 0 heterocycles. The minimum absolute atomic E-state index is 0.0636. The van der Waals surface area contributed by atoms with Crippen LogP contribution in [0.2, 0.25) is 0 Å². The summed E-state index contributed by atoms with van der Waals surface area (Å²) in [6.45, 7) is 6.34. The summed E-state index contributed by atoms with van der Waals surface area (Å²) in [7, 11) is 0. The monoisotopic (exact) mass is 814 g/mol. The highest BCUT2D eigenvalue weighted by atomic mass is 16.5. The molecule has 0 aliphatic rings. The first kappa shape index (κ1) is 55.8. The quantitative estimate of drug-likeness (QED) is 0.0323. The van der Waals surface area contributed by atoms with Gasteiger partial charge in [-0.05, 0) is 44.9 Å². The molecule has 0 aliphatic carbocycles. The lowest BCUT2D eigenvalue weighted by Crippen LogP contribution is -2.46. The van der Waals surface area contributed by atoms with Gasteiger partial charge in [-0.2, -0.15) is 0 Å². The van der Waals surface area contributed by atoms with Crippen molar-refractivity contribution in [1.82, 2.24) is 5.32 Å². The van der Waals surface area contributed by atoms with Crippen molar-refractivity contribution in [3.8, 4) is 0 Å². The fourth-order valence-electron chi connectivity index (χ4n) is 7.50. The molecule has 0 aromatic heterocycles. The Balaban J connectivity index is 4.56. The number of ether oxygens (including phenoxy) is 1. The molecule has 0 saturated heterocycles. The number of rotatable bonds is 44. The van der Waals surface area contributed by atoms with E-state index in [1.165, 1.54) is 128 Å². The van der Waals surface area contributed by atoms with Crippen molar-refractivity contribution >= 4 is 11.9 Å². The second-order valence-electron chi connectivity index (χ2n) is 16.9. The van der Waals surface area contributed by atoms with Gasteiger partial charge in [-0.1, -0.05) is 236 Å². The van der Waals surface area contributed by atoms with Crippen LogP contribution >= 0.6 is 0 Å². The molecule has 0 saturated carbocycles. The summed E-state index contributed by atoms with van der Waals surface area (Å²) in [6.07, 6.45) is 54.5. The van der Waals surface area contributed by atoms with E-state index in [1.54, 1.807) is 0 Å². The number of amides is 1. The number of allylic oxidation sites excluding steroid dienone is 8. The summed E-state index contributed by atoms with van der Waals surface area (Å²) in [6, 6.07) is -0.707. The Kier molecular flexibility index (Phi) is 44.2. The molecule has 6 nitrogen and oxygen atoms in total. The van der Waals surface area contributed by atoms with Crippen LogP contribution in [0, 0.1) is 0 Å². The summed E-state index contributed by atoms with van der Waals surface area (Å²) < 4.78 is 5.90.